The Labute approximate surface area is 191 Å². The fraction of sp³-hybridized carbons (Fsp3) is 0.261. The topological polar surface area (TPSA) is 90.5 Å². The summed E-state index contributed by atoms with van der Waals surface area (Å²) in [4.78, 5) is 16.8. The van der Waals surface area contributed by atoms with E-state index in [0.717, 1.165) is 16.9 Å². The van der Waals surface area contributed by atoms with Gasteiger partial charge in [0.05, 0.1) is 17.1 Å². The van der Waals surface area contributed by atoms with Gasteiger partial charge in [0, 0.05) is 31.1 Å². The molecule has 0 aliphatic carbocycles. The standard InChI is InChI=1S/C23H25N7OS/c1-15(2)18-9-5-6-10-19(18)30-22(17-8-7-11-24-13-17)26-27-23(30)32-14-21(31)25-20-12-16(3)28-29(20)4/h5-13,15H,14H2,1-4H3,(H,25,31). The third-order valence-corrected chi connectivity index (χ3v) is 5.88. The van der Waals surface area contributed by atoms with Crippen molar-refractivity contribution in [1.29, 1.82) is 0 Å². The lowest BCUT2D eigenvalue weighted by atomic mass is 10.0. The second kappa shape index (κ2) is 9.35. The predicted octanol–water partition coefficient (Wildman–Crippen LogP) is 4.23. The zero-order valence-electron chi connectivity index (χ0n) is 18.5. The van der Waals surface area contributed by atoms with Crippen molar-refractivity contribution >= 4 is 23.5 Å². The first kappa shape index (κ1) is 21.8. The Hall–Kier alpha value is -3.46. The molecule has 3 aromatic heterocycles. The molecule has 4 rings (SSSR count). The minimum Gasteiger partial charge on any atom is -0.310 e. The molecule has 1 amide bonds. The molecule has 4 aromatic rings. The van der Waals surface area contributed by atoms with Crippen molar-refractivity contribution in [3.05, 3.63) is 66.1 Å². The Morgan fingerprint density at radius 3 is 2.66 bits per heavy atom. The molecule has 0 aliphatic heterocycles. The highest BCUT2D eigenvalue weighted by molar-refractivity contribution is 7.99. The summed E-state index contributed by atoms with van der Waals surface area (Å²) in [6.07, 6.45) is 3.50. The van der Waals surface area contributed by atoms with Crippen molar-refractivity contribution in [2.45, 2.75) is 31.8 Å². The number of rotatable bonds is 7. The summed E-state index contributed by atoms with van der Waals surface area (Å²) < 4.78 is 3.66. The van der Waals surface area contributed by atoms with Gasteiger partial charge in [0.2, 0.25) is 5.91 Å². The van der Waals surface area contributed by atoms with Gasteiger partial charge in [0.15, 0.2) is 11.0 Å². The third kappa shape index (κ3) is 4.57. The number of amides is 1. The summed E-state index contributed by atoms with van der Waals surface area (Å²) in [5, 5.41) is 16.7. The van der Waals surface area contributed by atoms with Gasteiger partial charge in [-0.1, -0.05) is 43.8 Å². The fourth-order valence-electron chi connectivity index (χ4n) is 3.48. The zero-order chi connectivity index (χ0) is 22.7. The van der Waals surface area contributed by atoms with Crippen molar-refractivity contribution in [3.63, 3.8) is 0 Å². The molecule has 164 valence electrons. The second-order valence-electron chi connectivity index (χ2n) is 7.73. The lowest BCUT2D eigenvalue weighted by molar-refractivity contribution is -0.113. The van der Waals surface area contributed by atoms with Gasteiger partial charge >= 0.3 is 0 Å². The normalized spacial score (nSPS) is 11.2. The molecule has 1 aromatic carbocycles. The van der Waals surface area contributed by atoms with Gasteiger partial charge in [-0.2, -0.15) is 5.10 Å². The van der Waals surface area contributed by atoms with Gasteiger partial charge in [-0.05, 0) is 36.6 Å². The smallest absolute Gasteiger partial charge is 0.235 e. The van der Waals surface area contributed by atoms with E-state index >= 15 is 0 Å². The first-order valence-corrected chi connectivity index (χ1v) is 11.3. The van der Waals surface area contributed by atoms with Crippen LogP contribution >= 0.6 is 11.8 Å². The largest absolute Gasteiger partial charge is 0.310 e. The number of anilines is 1. The van der Waals surface area contributed by atoms with Crippen LogP contribution in [0.5, 0.6) is 0 Å². The summed E-state index contributed by atoms with van der Waals surface area (Å²) in [6.45, 7) is 6.20. The fourth-order valence-corrected chi connectivity index (χ4v) is 4.22. The van der Waals surface area contributed by atoms with E-state index in [-0.39, 0.29) is 11.7 Å². The lowest BCUT2D eigenvalue weighted by Crippen LogP contribution is -2.17. The van der Waals surface area contributed by atoms with Gasteiger partial charge in [-0.15, -0.1) is 10.2 Å². The number of pyridine rings is 1. The summed E-state index contributed by atoms with van der Waals surface area (Å²) in [5.41, 5.74) is 3.88. The minimum atomic E-state index is -0.132. The Morgan fingerprint density at radius 2 is 1.97 bits per heavy atom. The molecular weight excluding hydrogens is 422 g/mol. The predicted molar refractivity (Wildman–Crippen MR) is 126 cm³/mol. The van der Waals surface area contributed by atoms with Crippen molar-refractivity contribution in [1.82, 2.24) is 29.5 Å². The van der Waals surface area contributed by atoms with Gasteiger partial charge in [-0.3, -0.25) is 19.0 Å². The van der Waals surface area contributed by atoms with E-state index in [1.54, 1.807) is 24.1 Å². The highest BCUT2D eigenvalue weighted by Crippen LogP contribution is 2.31. The SMILES string of the molecule is Cc1cc(NC(=O)CSc2nnc(-c3cccnc3)n2-c2ccccc2C(C)C)n(C)n1. The van der Waals surface area contributed by atoms with E-state index in [1.165, 1.54) is 17.3 Å². The molecule has 3 heterocycles. The minimum absolute atomic E-state index is 0.132. The van der Waals surface area contributed by atoms with Crippen LogP contribution in [0.3, 0.4) is 0 Å². The molecule has 32 heavy (non-hydrogen) atoms. The number of hydrogen-bond acceptors (Lipinski definition) is 6. The van der Waals surface area contributed by atoms with Gasteiger partial charge in [0.25, 0.3) is 0 Å². The molecule has 0 atom stereocenters. The number of carbonyl (C=O) groups is 1. The lowest BCUT2D eigenvalue weighted by Gasteiger charge is -2.16. The maximum Gasteiger partial charge on any atom is 0.235 e. The molecule has 1 N–H and O–H groups in total. The average Bonchev–Trinajstić information content (AvgIpc) is 3.35. The van der Waals surface area contributed by atoms with Gasteiger partial charge < -0.3 is 5.32 Å². The maximum absolute atomic E-state index is 12.6. The first-order valence-electron chi connectivity index (χ1n) is 10.3. The second-order valence-corrected chi connectivity index (χ2v) is 8.67. The van der Waals surface area contributed by atoms with E-state index in [1.807, 2.05) is 41.8 Å². The number of nitrogens with zero attached hydrogens (tertiary/aromatic N) is 6. The number of aryl methyl sites for hydroxylation is 2. The molecular formula is C23H25N7OS. The number of hydrogen-bond donors (Lipinski definition) is 1. The Kier molecular flexibility index (Phi) is 6.36. The molecule has 0 saturated heterocycles. The van der Waals surface area contributed by atoms with Crippen LogP contribution in [0.4, 0.5) is 5.82 Å². The Balaban J connectivity index is 1.66. The summed E-state index contributed by atoms with van der Waals surface area (Å²) >= 11 is 1.35. The molecule has 8 nitrogen and oxygen atoms in total. The Morgan fingerprint density at radius 1 is 1.16 bits per heavy atom. The quantitative estimate of drug-likeness (QED) is 0.427. The van der Waals surface area contributed by atoms with Crippen LogP contribution in [0.1, 0.15) is 31.0 Å². The average molecular weight is 448 g/mol. The van der Waals surface area contributed by atoms with Crippen LogP contribution in [0.15, 0.2) is 60.0 Å². The number of carbonyl (C=O) groups excluding carboxylic acids is 1. The monoisotopic (exact) mass is 447 g/mol. The van der Waals surface area contributed by atoms with Crippen LogP contribution in [-0.4, -0.2) is 41.2 Å². The molecule has 0 saturated carbocycles. The highest BCUT2D eigenvalue weighted by Gasteiger charge is 2.20. The number of aromatic nitrogens is 6. The van der Waals surface area contributed by atoms with E-state index < -0.39 is 0 Å². The van der Waals surface area contributed by atoms with Crippen LogP contribution in [-0.2, 0) is 11.8 Å². The van der Waals surface area contributed by atoms with Gasteiger partial charge in [-0.25, -0.2) is 0 Å². The third-order valence-electron chi connectivity index (χ3n) is 4.95. The molecule has 0 radical (unpaired) electrons. The van der Waals surface area contributed by atoms with Crippen molar-refractivity contribution < 1.29 is 4.79 Å². The number of nitrogens with one attached hydrogen (secondary N) is 1. The van der Waals surface area contributed by atoms with E-state index in [4.69, 9.17) is 0 Å². The highest BCUT2D eigenvalue weighted by atomic mass is 32.2. The van der Waals surface area contributed by atoms with E-state index in [0.29, 0.717) is 22.7 Å². The van der Waals surface area contributed by atoms with Crippen LogP contribution < -0.4 is 5.32 Å². The van der Waals surface area contributed by atoms with Crippen LogP contribution in [0.2, 0.25) is 0 Å². The molecule has 0 unspecified atom stereocenters. The van der Waals surface area contributed by atoms with Crippen LogP contribution in [0, 0.1) is 6.92 Å². The Bertz CT molecular complexity index is 1230. The number of benzene rings is 1. The van der Waals surface area contributed by atoms with Crippen molar-refractivity contribution in [3.8, 4) is 17.1 Å². The summed E-state index contributed by atoms with van der Waals surface area (Å²) in [7, 11) is 1.80. The molecule has 0 fully saturated rings. The zero-order valence-corrected chi connectivity index (χ0v) is 19.3. The summed E-state index contributed by atoms with van der Waals surface area (Å²) in [6, 6.07) is 13.9. The maximum atomic E-state index is 12.6. The summed E-state index contributed by atoms with van der Waals surface area (Å²) in [5.74, 6) is 1.73. The van der Waals surface area contributed by atoms with Crippen LogP contribution in [0.25, 0.3) is 17.1 Å². The number of thioether (sulfide) groups is 1. The van der Waals surface area contributed by atoms with Crippen molar-refractivity contribution in [2.75, 3.05) is 11.1 Å². The first-order chi connectivity index (χ1) is 15.4. The molecule has 0 aliphatic rings. The molecule has 0 spiro atoms. The van der Waals surface area contributed by atoms with Gasteiger partial charge in [0.1, 0.15) is 5.82 Å². The van der Waals surface area contributed by atoms with Crippen molar-refractivity contribution in [2.24, 2.45) is 7.05 Å². The van der Waals surface area contributed by atoms with E-state index in [9.17, 15) is 4.79 Å². The molecule has 0 bridgehead atoms. The number of para-hydroxylation sites is 1. The molecule has 9 heteroatoms. The van der Waals surface area contributed by atoms with E-state index in [2.05, 4.69) is 51.6 Å².